The maximum Gasteiger partial charge on any atom is 0.110 e. The van der Waals surface area contributed by atoms with E-state index in [-0.39, 0.29) is 0 Å². The first-order valence-electron chi connectivity index (χ1n) is 4.51. The van der Waals surface area contributed by atoms with Gasteiger partial charge in [0.25, 0.3) is 0 Å². The molecule has 0 saturated carbocycles. The number of nitrogens with zero attached hydrogens (tertiary/aromatic N) is 1. The highest BCUT2D eigenvalue weighted by molar-refractivity contribution is 5.70. The molecule has 0 atom stereocenters. The molecule has 0 bridgehead atoms. The average molecular weight is 182 g/mol. The first-order chi connectivity index (χ1) is 6.93. The lowest BCUT2D eigenvalue weighted by molar-refractivity contribution is 0.459. The summed E-state index contributed by atoms with van der Waals surface area (Å²) in [7, 11) is 0. The van der Waals surface area contributed by atoms with Gasteiger partial charge in [0.2, 0.25) is 0 Å². The number of hydrogen-bond donors (Lipinski definition) is 0. The minimum Gasteiger partial charge on any atom is -0.623 e. The first-order valence-corrected chi connectivity index (χ1v) is 4.51. The zero-order valence-electron chi connectivity index (χ0n) is 7.47. The number of benzene rings is 1. The molecule has 0 aromatic heterocycles. The van der Waals surface area contributed by atoms with Crippen LogP contribution in [-0.2, 0) is 0 Å². The molecule has 1 heterocycles. The Hall–Kier alpha value is -1.96. The van der Waals surface area contributed by atoms with E-state index in [2.05, 4.69) is 5.32 Å². The third-order valence-electron chi connectivity index (χ3n) is 2.20. The van der Waals surface area contributed by atoms with E-state index >= 15 is 0 Å². The van der Waals surface area contributed by atoms with Gasteiger partial charge in [-0.05, 0) is 11.6 Å². The minimum atomic E-state index is 0.691. The van der Waals surface area contributed by atoms with Crippen molar-refractivity contribution in [3.63, 3.8) is 0 Å². The van der Waals surface area contributed by atoms with Crippen LogP contribution in [0.25, 0.3) is 5.32 Å². The van der Waals surface area contributed by atoms with Gasteiger partial charge < -0.3 is 10.1 Å². The van der Waals surface area contributed by atoms with Crippen LogP contribution in [0.4, 0.5) is 5.69 Å². The van der Waals surface area contributed by atoms with Gasteiger partial charge in [-0.15, -0.1) is 0 Å². The van der Waals surface area contributed by atoms with E-state index in [1.54, 1.807) is 0 Å². The van der Waals surface area contributed by atoms with Crippen LogP contribution in [0.15, 0.2) is 60.0 Å². The number of rotatable bonds is 0. The summed E-state index contributed by atoms with van der Waals surface area (Å²) in [6, 6.07) is 7.78. The molecule has 2 aliphatic rings. The first kappa shape index (κ1) is 7.44. The SMILES string of the molecule is C1=CC(=C2[N-]c3ccccc3O2)C=C1. The monoisotopic (exact) mass is 182 g/mol. The van der Waals surface area contributed by atoms with E-state index in [4.69, 9.17) is 4.74 Å². The maximum absolute atomic E-state index is 5.60. The number of ether oxygens (including phenoxy) is 1. The van der Waals surface area contributed by atoms with Crippen molar-refractivity contribution in [2.75, 3.05) is 0 Å². The number of fused-ring (bicyclic) bond motifs is 1. The Morgan fingerprint density at radius 1 is 1.00 bits per heavy atom. The number of allylic oxidation sites excluding steroid dienone is 5. The molecule has 1 aliphatic carbocycles. The molecule has 2 nitrogen and oxygen atoms in total. The Balaban J connectivity index is 2.03. The normalized spacial score (nSPS) is 16.9. The highest BCUT2D eigenvalue weighted by Crippen LogP contribution is 2.43. The van der Waals surface area contributed by atoms with Crippen LogP contribution < -0.4 is 4.74 Å². The fourth-order valence-electron chi connectivity index (χ4n) is 1.51. The largest absolute Gasteiger partial charge is 0.623 e. The van der Waals surface area contributed by atoms with Gasteiger partial charge in [0.15, 0.2) is 0 Å². The molecule has 0 amide bonds. The molecule has 68 valence electrons. The zero-order valence-corrected chi connectivity index (χ0v) is 7.47. The van der Waals surface area contributed by atoms with Gasteiger partial charge >= 0.3 is 0 Å². The van der Waals surface area contributed by atoms with Gasteiger partial charge in [0, 0.05) is 5.88 Å². The molecule has 1 aliphatic heterocycles. The standard InChI is InChI=1S/C12H8NO/c1-2-6-9(5-1)12-13-10-7-3-4-8-11(10)14-12/h1-8H/q-1. The van der Waals surface area contributed by atoms with Crippen molar-refractivity contribution in [1.29, 1.82) is 0 Å². The van der Waals surface area contributed by atoms with E-state index in [9.17, 15) is 0 Å². The van der Waals surface area contributed by atoms with Gasteiger partial charge in [-0.25, -0.2) is 0 Å². The van der Waals surface area contributed by atoms with Crippen molar-refractivity contribution in [2.24, 2.45) is 0 Å². The van der Waals surface area contributed by atoms with Gasteiger partial charge in [0.1, 0.15) is 5.75 Å². The van der Waals surface area contributed by atoms with Crippen LogP contribution in [-0.4, -0.2) is 0 Å². The second-order valence-corrected chi connectivity index (χ2v) is 3.16. The second kappa shape index (κ2) is 2.77. The van der Waals surface area contributed by atoms with E-state index < -0.39 is 0 Å². The molecule has 0 fully saturated rings. The lowest BCUT2D eigenvalue weighted by Gasteiger charge is -2.14. The molecule has 1 aromatic rings. The Morgan fingerprint density at radius 3 is 2.57 bits per heavy atom. The molecule has 3 rings (SSSR count). The summed E-state index contributed by atoms with van der Waals surface area (Å²) in [5, 5.41) is 4.39. The summed E-state index contributed by atoms with van der Waals surface area (Å²) >= 11 is 0. The van der Waals surface area contributed by atoms with Gasteiger partial charge in [-0.1, -0.05) is 48.2 Å². The zero-order chi connectivity index (χ0) is 9.38. The smallest absolute Gasteiger partial charge is 0.110 e. The van der Waals surface area contributed by atoms with E-state index in [1.165, 1.54) is 0 Å². The summed E-state index contributed by atoms with van der Waals surface area (Å²) in [4.78, 5) is 0. The highest BCUT2D eigenvalue weighted by atomic mass is 16.5. The number of hydrogen-bond acceptors (Lipinski definition) is 1. The van der Waals surface area contributed by atoms with Gasteiger partial charge in [-0.2, -0.15) is 0 Å². The van der Waals surface area contributed by atoms with Crippen molar-refractivity contribution < 1.29 is 4.74 Å². The summed E-state index contributed by atoms with van der Waals surface area (Å²) in [5.74, 6) is 1.53. The Kier molecular flexibility index (Phi) is 1.47. The van der Waals surface area contributed by atoms with Crippen LogP contribution in [0.3, 0.4) is 0 Å². The summed E-state index contributed by atoms with van der Waals surface area (Å²) in [5.41, 5.74) is 1.94. The van der Waals surface area contributed by atoms with Crippen molar-refractivity contribution in [3.05, 3.63) is 65.3 Å². The number of para-hydroxylation sites is 2. The minimum absolute atomic E-state index is 0.691. The van der Waals surface area contributed by atoms with Gasteiger partial charge in [0.05, 0.1) is 0 Å². The quantitative estimate of drug-likeness (QED) is 0.603. The second-order valence-electron chi connectivity index (χ2n) is 3.16. The molecular formula is C12H8NO-. The van der Waals surface area contributed by atoms with E-state index in [0.29, 0.717) is 5.88 Å². The maximum atomic E-state index is 5.60. The summed E-state index contributed by atoms with van der Waals surface area (Å²) in [6.07, 6.45) is 7.93. The molecular weight excluding hydrogens is 174 g/mol. The Morgan fingerprint density at radius 2 is 1.79 bits per heavy atom. The molecule has 2 heteroatoms. The van der Waals surface area contributed by atoms with Crippen LogP contribution in [0.1, 0.15) is 0 Å². The Labute approximate surface area is 82.2 Å². The highest BCUT2D eigenvalue weighted by Gasteiger charge is 2.07. The van der Waals surface area contributed by atoms with Gasteiger partial charge in [-0.3, -0.25) is 0 Å². The molecule has 14 heavy (non-hydrogen) atoms. The van der Waals surface area contributed by atoms with Crippen LogP contribution in [0.2, 0.25) is 0 Å². The molecule has 1 aromatic carbocycles. The molecule has 0 spiro atoms. The van der Waals surface area contributed by atoms with Crippen LogP contribution >= 0.6 is 0 Å². The summed E-state index contributed by atoms with van der Waals surface area (Å²) in [6.45, 7) is 0. The van der Waals surface area contributed by atoms with Crippen LogP contribution in [0.5, 0.6) is 5.75 Å². The van der Waals surface area contributed by atoms with E-state index in [0.717, 1.165) is 17.0 Å². The fourth-order valence-corrected chi connectivity index (χ4v) is 1.51. The predicted molar refractivity (Wildman–Crippen MR) is 55.4 cm³/mol. The topological polar surface area (TPSA) is 23.3 Å². The van der Waals surface area contributed by atoms with Crippen LogP contribution in [0, 0.1) is 0 Å². The Bertz CT molecular complexity index is 428. The van der Waals surface area contributed by atoms with Crippen molar-refractivity contribution in [3.8, 4) is 5.75 Å². The molecule has 0 N–H and O–H groups in total. The van der Waals surface area contributed by atoms with Crippen molar-refractivity contribution >= 4 is 5.69 Å². The third-order valence-corrected chi connectivity index (χ3v) is 2.20. The van der Waals surface area contributed by atoms with Crippen molar-refractivity contribution in [1.82, 2.24) is 0 Å². The molecule has 0 unspecified atom stereocenters. The molecule has 0 radical (unpaired) electrons. The predicted octanol–water partition coefficient (Wildman–Crippen LogP) is 3.42. The lowest BCUT2D eigenvalue weighted by atomic mass is 10.3. The summed E-state index contributed by atoms with van der Waals surface area (Å²) < 4.78 is 5.60. The molecule has 0 saturated heterocycles. The van der Waals surface area contributed by atoms with E-state index in [1.807, 2.05) is 48.6 Å². The van der Waals surface area contributed by atoms with Crippen molar-refractivity contribution in [2.45, 2.75) is 0 Å². The third kappa shape index (κ3) is 1.04. The fraction of sp³-hybridized carbons (Fsp3) is 0. The lowest BCUT2D eigenvalue weighted by Crippen LogP contribution is -1.87. The average Bonchev–Trinajstić information content (AvgIpc) is 2.86.